The van der Waals surface area contributed by atoms with Crippen molar-refractivity contribution in [2.24, 2.45) is 0 Å². The van der Waals surface area contributed by atoms with Crippen LogP contribution in [0.2, 0.25) is 0 Å². The topological polar surface area (TPSA) is 52.6 Å². The Labute approximate surface area is 128 Å². The number of ether oxygens (including phenoxy) is 2. The Morgan fingerprint density at radius 1 is 1.00 bits per heavy atom. The summed E-state index contributed by atoms with van der Waals surface area (Å²) in [6.45, 7) is 1.87. The van der Waals surface area contributed by atoms with Gasteiger partial charge in [-0.15, -0.1) is 0 Å². The summed E-state index contributed by atoms with van der Waals surface area (Å²) in [7, 11) is 0. The lowest BCUT2D eigenvalue weighted by Crippen LogP contribution is -2.23. The second kappa shape index (κ2) is 6.02. The molecule has 22 heavy (non-hydrogen) atoms. The van der Waals surface area contributed by atoms with Gasteiger partial charge in [-0.3, -0.25) is 9.59 Å². The number of esters is 2. The summed E-state index contributed by atoms with van der Waals surface area (Å²) in [6.07, 6.45) is 0.880. The van der Waals surface area contributed by atoms with E-state index < -0.39 is 17.9 Å². The summed E-state index contributed by atoms with van der Waals surface area (Å²) in [5.74, 6) is -0.449. The van der Waals surface area contributed by atoms with Crippen LogP contribution in [0.5, 0.6) is 11.5 Å². The monoisotopic (exact) mass is 296 g/mol. The summed E-state index contributed by atoms with van der Waals surface area (Å²) < 4.78 is 10.8. The van der Waals surface area contributed by atoms with Gasteiger partial charge in [0.05, 0.1) is 0 Å². The lowest BCUT2D eigenvalue weighted by Gasteiger charge is -2.26. The van der Waals surface area contributed by atoms with Crippen molar-refractivity contribution in [3.8, 4) is 11.5 Å². The molecule has 0 saturated heterocycles. The van der Waals surface area contributed by atoms with Gasteiger partial charge in [0.25, 0.3) is 0 Å². The van der Waals surface area contributed by atoms with E-state index in [9.17, 15) is 9.59 Å². The second-order valence-electron chi connectivity index (χ2n) is 5.15. The van der Waals surface area contributed by atoms with Gasteiger partial charge in [0.15, 0.2) is 0 Å². The van der Waals surface area contributed by atoms with Crippen molar-refractivity contribution in [3.63, 3.8) is 0 Å². The maximum atomic E-state index is 12.5. The fourth-order valence-electron chi connectivity index (χ4n) is 2.59. The van der Waals surface area contributed by atoms with E-state index in [-0.39, 0.29) is 6.42 Å². The molecule has 1 aliphatic heterocycles. The Hall–Kier alpha value is -2.62. The molecule has 0 fully saturated rings. The Kier molecular flexibility index (Phi) is 3.92. The van der Waals surface area contributed by atoms with E-state index in [1.54, 1.807) is 12.1 Å². The van der Waals surface area contributed by atoms with Crippen LogP contribution in [0.3, 0.4) is 0 Å². The maximum absolute atomic E-state index is 12.5. The summed E-state index contributed by atoms with van der Waals surface area (Å²) in [5.41, 5.74) is 1.44. The molecule has 0 aliphatic carbocycles. The van der Waals surface area contributed by atoms with E-state index in [1.165, 1.54) is 0 Å². The summed E-state index contributed by atoms with van der Waals surface area (Å²) >= 11 is 0. The molecular weight excluding hydrogens is 280 g/mol. The number of para-hydroxylation sites is 2. The van der Waals surface area contributed by atoms with E-state index in [4.69, 9.17) is 9.47 Å². The van der Waals surface area contributed by atoms with Crippen LogP contribution in [-0.2, 0) is 14.3 Å². The van der Waals surface area contributed by atoms with E-state index in [0.717, 1.165) is 11.1 Å². The van der Waals surface area contributed by atoms with Crippen LogP contribution in [0.1, 0.15) is 36.8 Å². The van der Waals surface area contributed by atoms with E-state index in [1.807, 2.05) is 43.3 Å². The lowest BCUT2D eigenvalue weighted by atomic mass is 9.88. The fourth-order valence-corrected chi connectivity index (χ4v) is 2.59. The smallest absolute Gasteiger partial charge is 0.325 e. The van der Waals surface area contributed by atoms with Crippen molar-refractivity contribution in [1.82, 2.24) is 0 Å². The van der Waals surface area contributed by atoms with Gasteiger partial charge in [-0.05, 0) is 18.6 Å². The number of rotatable bonds is 3. The molecule has 2 aromatic carbocycles. The first-order valence-electron chi connectivity index (χ1n) is 7.31. The van der Waals surface area contributed by atoms with Crippen LogP contribution in [0.25, 0.3) is 0 Å². The number of carbonyl (C=O) groups excluding carboxylic acids is 2. The molecule has 0 unspecified atom stereocenters. The molecule has 4 heteroatoms. The molecule has 0 spiro atoms. The van der Waals surface area contributed by atoms with Crippen molar-refractivity contribution < 1.29 is 19.1 Å². The minimum Gasteiger partial charge on any atom is -0.457 e. The molecule has 4 nitrogen and oxygen atoms in total. The third kappa shape index (κ3) is 2.60. The molecule has 3 rings (SSSR count). The number of hydrogen-bond donors (Lipinski definition) is 0. The van der Waals surface area contributed by atoms with Gasteiger partial charge in [-0.2, -0.15) is 0 Å². The first kappa shape index (κ1) is 14.3. The Bertz CT molecular complexity index is 675. The maximum Gasteiger partial charge on any atom is 0.325 e. The number of benzene rings is 2. The number of carbonyl (C=O) groups is 2. The molecule has 0 saturated carbocycles. The summed E-state index contributed by atoms with van der Waals surface area (Å²) in [4.78, 5) is 24.2. The third-order valence-electron chi connectivity index (χ3n) is 3.58. The Morgan fingerprint density at radius 2 is 1.55 bits per heavy atom. The highest BCUT2D eigenvalue weighted by Gasteiger charge is 2.34. The average molecular weight is 296 g/mol. The molecule has 0 N–H and O–H groups in total. The zero-order valence-electron chi connectivity index (χ0n) is 12.2. The number of fused-ring (bicyclic) bond motifs is 2. The Morgan fingerprint density at radius 3 is 2.09 bits per heavy atom. The first-order chi connectivity index (χ1) is 10.7. The van der Waals surface area contributed by atoms with Gasteiger partial charge in [0, 0.05) is 17.5 Å². The van der Waals surface area contributed by atoms with Crippen molar-refractivity contribution in [1.29, 1.82) is 0 Å². The van der Waals surface area contributed by atoms with Crippen LogP contribution in [0.15, 0.2) is 48.5 Å². The van der Waals surface area contributed by atoms with Crippen molar-refractivity contribution in [3.05, 3.63) is 59.7 Å². The minimum atomic E-state index is -0.637. The van der Waals surface area contributed by atoms with E-state index in [0.29, 0.717) is 17.9 Å². The molecular formula is C18H16O4. The van der Waals surface area contributed by atoms with Crippen LogP contribution in [-0.4, -0.2) is 11.9 Å². The minimum absolute atomic E-state index is 0.234. The third-order valence-corrected chi connectivity index (χ3v) is 3.58. The normalized spacial score (nSPS) is 12.8. The standard InChI is InChI=1S/C18H16O4/c1-2-7-16(19)22-18(20)17-12-8-3-5-10-14(12)21-15-11-6-4-9-13(15)17/h3-6,8-11,17H,2,7H2,1H3. The van der Waals surface area contributed by atoms with Gasteiger partial charge < -0.3 is 9.47 Å². The van der Waals surface area contributed by atoms with Crippen LogP contribution < -0.4 is 4.74 Å². The first-order valence-corrected chi connectivity index (χ1v) is 7.31. The molecule has 0 bridgehead atoms. The molecule has 112 valence electrons. The molecule has 2 aromatic rings. The van der Waals surface area contributed by atoms with Crippen LogP contribution in [0.4, 0.5) is 0 Å². The molecule has 0 aromatic heterocycles. The SMILES string of the molecule is CCCC(=O)OC(=O)C1c2ccccc2Oc2ccccc21. The van der Waals surface area contributed by atoms with Gasteiger partial charge in [0.1, 0.15) is 17.4 Å². The summed E-state index contributed by atoms with van der Waals surface area (Å²) in [5, 5.41) is 0. The van der Waals surface area contributed by atoms with Crippen molar-refractivity contribution in [2.75, 3.05) is 0 Å². The molecule has 1 heterocycles. The highest BCUT2D eigenvalue weighted by Crippen LogP contribution is 2.44. The number of hydrogen-bond acceptors (Lipinski definition) is 4. The van der Waals surface area contributed by atoms with Gasteiger partial charge in [-0.25, -0.2) is 0 Å². The van der Waals surface area contributed by atoms with Gasteiger partial charge in [-0.1, -0.05) is 43.3 Å². The van der Waals surface area contributed by atoms with Crippen LogP contribution >= 0.6 is 0 Å². The zero-order valence-corrected chi connectivity index (χ0v) is 12.2. The van der Waals surface area contributed by atoms with Crippen molar-refractivity contribution >= 4 is 11.9 Å². The molecule has 1 aliphatic rings. The average Bonchev–Trinajstić information content (AvgIpc) is 2.52. The van der Waals surface area contributed by atoms with Crippen molar-refractivity contribution in [2.45, 2.75) is 25.7 Å². The summed E-state index contributed by atoms with van der Waals surface area (Å²) in [6, 6.07) is 14.6. The highest BCUT2D eigenvalue weighted by molar-refractivity contribution is 5.93. The predicted molar refractivity (Wildman–Crippen MR) is 80.8 cm³/mol. The quantitative estimate of drug-likeness (QED) is 0.638. The van der Waals surface area contributed by atoms with Crippen LogP contribution in [0, 0.1) is 0 Å². The molecule has 0 amide bonds. The largest absolute Gasteiger partial charge is 0.457 e. The van der Waals surface area contributed by atoms with E-state index >= 15 is 0 Å². The fraction of sp³-hybridized carbons (Fsp3) is 0.222. The second-order valence-corrected chi connectivity index (χ2v) is 5.15. The van der Waals surface area contributed by atoms with Gasteiger partial charge >= 0.3 is 11.9 Å². The lowest BCUT2D eigenvalue weighted by molar-refractivity contribution is -0.160. The Balaban J connectivity index is 1.99. The highest BCUT2D eigenvalue weighted by atomic mass is 16.6. The molecule has 0 atom stereocenters. The predicted octanol–water partition coefficient (Wildman–Crippen LogP) is 3.79. The van der Waals surface area contributed by atoms with E-state index in [2.05, 4.69) is 0 Å². The van der Waals surface area contributed by atoms with Gasteiger partial charge in [0.2, 0.25) is 0 Å². The zero-order chi connectivity index (χ0) is 15.5. The molecule has 0 radical (unpaired) electrons.